The number of hydrogen-bond acceptors (Lipinski definition) is 36. The Bertz CT molecular complexity index is 2070. The van der Waals surface area contributed by atoms with Gasteiger partial charge in [-0.1, -0.05) is 12.8 Å². The number of nitrogens with one attached hydrogen (secondary N) is 2. The predicted molar refractivity (Wildman–Crippen MR) is 271 cm³/mol. The molecule has 37 nitrogen and oxygen atoms in total. The second-order valence-corrected chi connectivity index (χ2v) is 22.6. The Hall–Kier alpha value is -1.93. The van der Waals surface area contributed by atoms with Gasteiger partial charge in [0.1, 0.15) is 171 Å². The predicted octanol–water partition coefficient (Wildman–Crippen LogP) is -13.9. The van der Waals surface area contributed by atoms with Crippen molar-refractivity contribution in [2.45, 2.75) is 248 Å². The van der Waals surface area contributed by atoms with Crippen LogP contribution in [0.5, 0.6) is 0 Å². The van der Waals surface area contributed by atoms with Gasteiger partial charge in [-0.15, -0.1) is 0 Å². The molecule has 0 spiro atoms. The van der Waals surface area contributed by atoms with E-state index in [1.807, 2.05) is 0 Å². The van der Waals surface area contributed by atoms with E-state index in [9.17, 15) is 107 Å². The third-order valence-corrected chi connectivity index (χ3v) is 16.6. The highest BCUT2D eigenvalue weighted by Crippen LogP contribution is 2.39. The number of carbonyl (C=O) groups excluding carboxylic acids is 1. The van der Waals surface area contributed by atoms with Gasteiger partial charge in [-0.05, 0) is 19.4 Å². The van der Waals surface area contributed by atoms with Crippen molar-refractivity contribution in [2.24, 2.45) is 0 Å². The van der Waals surface area contributed by atoms with E-state index in [0.29, 0.717) is 32.4 Å². The Morgan fingerprint density at radius 1 is 0.276 bits per heavy atom. The van der Waals surface area contributed by atoms with Crippen LogP contribution in [-0.4, -0.2) is 382 Å². The van der Waals surface area contributed by atoms with Crippen LogP contribution in [0.25, 0.3) is 0 Å². The van der Waals surface area contributed by atoms with Gasteiger partial charge in [0.15, 0.2) is 44.0 Å². The molecular weight excluding hydrogens is 1190 g/mol. The van der Waals surface area contributed by atoms with Gasteiger partial charge in [-0.25, -0.2) is 0 Å². The summed E-state index contributed by atoms with van der Waals surface area (Å²) in [4.78, 5) is 11.3. The molecule has 506 valence electrons. The number of ether oxygens (including phenoxy) is 14. The summed E-state index contributed by atoms with van der Waals surface area (Å²) in [7, 11) is 0. The lowest BCUT2D eigenvalue weighted by molar-refractivity contribution is -0.396. The normalized spacial score (nSPS) is 50.3. The molecule has 37 heteroatoms. The Labute approximate surface area is 495 Å². The summed E-state index contributed by atoms with van der Waals surface area (Å²) in [5.74, 6) is -0.178. The van der Waals surface area contributed by atoms with Crippen LogP contribution < -0.4 is 10.6 Å². The van der Waals surface area contributed by atoms with Crippen molar-refractivity contribution in [3.05, 3.63) is 0 Å². The summed E-state index contributed by atoms with van der Waals surface area (Å²) in [6.45, 7) is -4.30. The molecule has 21 saturated heterocycles. The van der Waals surface area contributed by atoms with E-state index >= 15 is 0 Å². The van der Waals surface area contributed by atoms with Gasteiger partial charge >= 0.3 is 0 Å². The first-order valence-electron chi connectivity index (χ1n) is 28.8. The van der Waals surface area contributed by atoms with Gasteiger partial charge in [0.2, 0.25) is 5.91 Å². The molecule has 0 aromatic carbocycles. The molecular formula is C50H86N2O35. The molecule has 1 amide bonds. The van der Waals surface area contributed by atoms with Gasteiger partial charge in [0, 0.05) is 20.0 Å². The Morgan fingerprint density at radius 2 is 0.471 bits per heavy atom. The molecule has 0 unspecified atom stereocenters. The number of amides is 1. The molecule has 35 atom stereocenters. The summed E-state index contributed by atoms with van der Waals surface area (Å²) < 4.78 is 81.4. The van der Waals surface area contributed by atoms with Gasteiger partial charge < -0.3 is 179 Å². The lowest BCUT2D eigenvalue weighted by Gasteiger charge is -2.50. The molecule has 21 aliphatic heterocycles. The van der Waals surface area contributed by atoms with Crippen molar-refractivity contribution in [1.82, 2.24) is 10.6 Å². The van der Waals surface area contributed by atoms with Crippen LogP contribution >= 0.6 is 0 Å². The van der Waals surface area contributed by atoms with Crippen LogP contribution in [0.15, 0.2) is 0 Å². The fourth-order valence-electron chi connectivity index (χ4n) is 11.7. The summed E-state index contributed by atoms with van der Waals surface area (Å²) in [6.07, 6.45) is -66.7. The summed E-state index contributed by atoms with van der Waals surface area (Å²) >= 11 is 0. The zero-order valence-electron chi connectivity index (χ0n) is 47.0. The standard InChI is InChI=1S/C50H86N2O35/c1-15(59)52-7-5-3-2-4-6-51-8-16-37-23(60)30(67)44(74-16)82-38-17(9-53)76-46(32(69)25(38)62)84-40-19(11-55)78-48(34(71)27(40)64)86-42-21(13-57)80-50(36(73)29(42)66)87-43-22(14-58)79-49(35(72)28(43)65)85-41-20(12-56)77-47(33(70)26(41)63)83-39-18(10-54)75-45(81-37)31(68)24(39)61/h16-51,53-58,60-73H,2-14H2,1H3,(H,52,59)/t16-,17-,18-,19-,20-,21-,22-,23-,24-,25+,26-,27+,28-,29-,30-,31-,32-,33-,34-,35-,36-,37-,38-,39-,40-,41-,42-,43-,44-,45-,46-,47-,48-,49-,50-/m1/s1. The molecule has 0 aromatic rings. The molecule has 21 fully saturated rings. The lowest BCUT2D eigenvalue weighted by atomic mass is 9.95. The van der Waals surface area contributed by atoms with Gasteiger partial charge in [-0.3, -0.25) is 4.79 Å². The number of carbonyl (C=O) groups is 1. The van der Waals surface area contributed by atoms with E-state index in [1.54, 1.807) is 0 Å². The molecule has 21 aliphatic rings. The van der Waals surface area contributed by atoms with E-state index in [4.69, 9.17) is 66.3 Å². The molecule has 14 bridgehead atoms. The average Bonchev–Trinajstić information content (AvgIpc) is 2.42. The van der Waals surface area contributed by atoms with E-state index in [2.05, 4.69) is 10.6 Å². The molecule has 21 rings (SSSR count). The van der Waals surface area contributed by atoms with Crippen LogP contribution in [-0.2, 0) is 71.1 Å². The van der Waals surface area contributed by atoms with Crippen molar-refractivity contribution in [2.75, 3.05) is 59.3 Å². The molecule has 0 aliphatic carbocycles. The number of aliphatic hydroxyl groups is 20. The maximum absolute atomic E-state index is 11.8. The van der Waals surface area contributed by atoms with Crippen molar-refractivity contribution in [1.29, 1.82) is 0 Å². The average molecular weight is 1280 g/mol. The molecule has 22 N–H and O–H groups in total. The fourth-order valence-corrected chi connectivity index (χ4v) is 11.7. The van der Waals surface area contributed by atoms with Crippen molar-refractivity contribution in [3.63, 3.8) is 0 Å². The quantitative estimate of drug-likeness (QED) is 0.0677. The largest absolute Gasteiger partial charge is 0.394 e. The van der Waals surface area contributed by atoms with Crippen molar-refractivity contribution in [3.8, 4) is 0 Å². The van der Waals surface area contributed by atoms with Crippen LogP contribution in [0.3, 0.4) is 0 Å². The first-order valence-corrected chi connectivity index (χ1v) is 28.8. The van der Waals surface area contributed by atoms with Crippen molar-refractivity contribution < 1.29 is 173 Å². The Morgan fingerprint density at radius 3 is 0.678 bits per heavy atom. The SMILES string of the molecule is CC(=O)NCCCCCCNC[C@H]1O[C@@H]2O[C@H]3[C@@H](O)[C@@H](O)[C@@H](O[C@H]4[C@@H](O)[C@@H](O)[C@@H](O[C@H]5[C@H](O)[C@@H](O)[C@@H](O[C@H]6[C@H](O)[C@@H](O)[C@@H](O[C@H]7[C@H](O)[C@@H](O)[C@@H](O[C@H]8[C@H](O)[C@@H](O)[C@@H](O[C@H]1[C@H](O)[C@H]2O)O[C@@H]8CO)O[C@@H]7CO)O[C@@H]6CO)O[C@@H]5CO)O[C@@H]4CO)O[C@@H]3CO. The van der Waals surface area contributed by atoms with Gasteiger partial charge in [0.25, 0.3) is 0 Å². The smallest absolute Gasteiger partial charge is 0.216 e. The minimum atomic E-state index is -2.21. The van der Waals surface area contributed by atoms with Crippen LogP contribution in [0.4, 0.5) is 0 Å². The van der Waals surface area contributed by atoms with Gasteiger partial charge in [0.05, 0.1) is 39.6 Å². The summed E-state index contributed by atoms with van der Waals surface area (Å²) in [6, 6.07) is 0. The third kappa shape index (κ3) is 15.7. The minimum Gasteiger partial charge on any atom is -0.394 e. The molecule has 87 heavy (non-hydrogen) atoms. The maximum Gasteiger partial charge on any atom is 0.216 e. The van der Waals surface area contributed by atoms with Crippen LogP contribution in [0.1, 0.15) is 32.6 Å². The van der Waals surface area contributed by atoms with E-state index in [0.717, 1.165) is 6.42 Å². The highest BCUT2D eigenvalue weighted by Gasteiger charge is 2.59. The second kappa shape index (κ2) is 31.8. The van der Waals surface area contributed by atoms with E-state index in [1.165, 1.54) is 6.92 Å². The summed E-state index contributed by atoms with van der Waals surface area (Å²) in [5.41, 5.74) is 0. The molecule has 0 aromatic heterocycles. The highest BCUT2D eigenvalue weighted by atomic mass is 16.8. The molecule has 0 saturated carbocycles. The van der Waals surface area contributed by atoms with E-state index in [-0.39, 0.29) is 12.5 Å². The number of hydrogen-bond donors (Lipinski definition) is 22. The van der Waals surface area contributed by atoms with Crippen LogP contribution in [0.2, 0.25) is 0 Å². The minimum absolute atomic E-state index is 0.178. The maximum atomic E-state index is 11.8. The van der Waals surface area contributed by atoms with Crippen molar-refractivity contribution >= 4 is 5.91 Å². The topological polar surface area (TPSA) is 575 Å². The Kier molecular flexibility index (Phi) is 25.9. The first-order chi connectivity index (χ1) is 41.5. The fraction of sp³-hybridized carbons (Fsp3) is 0.980. The zero-order valence-corrected chi connectivity index (χ0v) is 47.0. The number of unbranched alkanes of at least 4 members (excludes halogenated alkanes) is 3. The zero-order chi connectivity index (χ0) is 63.3. The molecule has 0 radical (unpaired) electrons. The molecule has 21 heterocycles. The third-order valence-electron chi connectivity index (χ3n) is 16.6. The second-order valence-electron chi connectivity index (χ2n) is 22.6. The van der Waals surface area contributed by atoms with Crippen LogP contribution in [0, 0.1) is 0 Å². The number of rotatable bonds is 15. The summed E-state index contributed by atoms with van der Waals surface area (Å²) in [5, 5.41) is 229. The monoisotopic (exact) mass is 1270 g/mol. The lowest BCUT2D eigenvalue weighted by Crippen LogP contribution is -2.68. The first kappa shape index (κ1) is 70.9. The Balaban J connectivity index is 1.07. The van der Waals surface area contributed by atoms with E-state index < -0.39 is 255 Å². The highest BCUT2D eigenvalue weighted by molar-refractivity contribution is 5.72. The number of aliphatic hydroxyl groups excluding tert-OH is 20. The van der Waals surface area contributed by atoms with Gasteiger partial charge in [-0.2, -0.15) is 0 Å².